The van der Waals surface area contributed by atoms with E-state index in [1.54, 1.807) is 0 Å². The van der Waals surface area contributed by atoms with Crippen LogP contribution in [0.3, 0.4) is 0 Å². The number of rotatable bonds is 2. The Morgan fingerprint density at radius 3 is 2.67 bits per heavy atom. The minimum atomic E-state index is -0.366. The number of hydrogen-bond acceptors (Lipinski definition) is 4. The Balaban J connectivity index is 2.20. The third-order valence-corrected chi connectivity index (χ3v) is 2.62. The predicted molar refractivity (Wildman–Crippen MR) is 70.6 cm³/mol. The number of hydrogen-bond donors (Lipinski definition) is 2. The van der Waals surface area contributed by atoms with Crippen molar-refractivity contribution in [1.82, 2.24) is 0 Å². The summed E-state index contributed by atoms with van der Waals surface area (Å²) in [6.45, 7) is -0.0371. The fraction of sp³-hybridized carbons (Fsp3) is 0.0833. The van der Waals surface area contributed by atoms with E-state index in [0.717, 1.165) is 0 Å². The number of anilines is 1. The van der Waals surface area contributed by atoms with Crippen LogP contribution >= 0.6 is 12.2 Å². The monoisotopic (exact) mass is 264 g/mol. The van der Waals surface area contributed by atoms with E-state index in [9.17, 15) is 14.3 Å². The zero-order chi connectivity index (χ0) is 13.1. The van der Waals surface area contributed by atoms with Crippen LogP contribution in [0.2, 0.25) is 0 Å². The molecule has 0 saturated heterocycles. The topological polar surface area (TPSA) is 61.7 Å². The van der Waals surface area contributed by atoms with Crippen LogP contribution in [0.15, 0.2) is 40.6 Å². The minimum Gasteiger partial charge on any atom is -0.505 e. The lowest BCUT2D eigenvalue weighted by molar-refractivity contribution is -0.114. The molecule has 0 atom stereocenters. The van der Waals surface area contributed by atoms with Crippen molar-refractivity contribution in [3.8, 4) is 0 Å². The number of Topliss-reactive ketones (excluding diaryl/α,β-unsaturated/α-hetero) is 1. The van der Waals surface area contributed by atoms with Crippen molar-refractivity contribution in [2.45, 2.75) is 0 Å². The molecule has 0 aliphatic carbocycles. The Hall–Kier alpha value is -2.08. The van der Waals surface area contributed by atoms with Gasteiger partial charge in [0.2, 0.25) is 0 Å². The van der Waals surface area contributed by atoms with Gasteiger partial charge in [0.05, 0.1) is 11.8 Å². The number of ketones is 1. The van der Waals surface area contributed by atoms with Gasteiger partial charge >= 0.3 is 0 Å². The van der Waals surface area contributed by atoms with Crippen LogP contribution in [0.1, 0.15) is 0 Å². The van der Waals surface area contributed by atoms with E-state index < -0.39 is 0 Å². The van der Waals surface area contributed by atoms with E-state index in [4.69, 9.17) is 12.2 Å². The number of carbonyl (C=O) groups is 1. The number of thiocarbonyl (C=S) groups is 1. The average molecular weight is 264 g/mol. The molecule has 0 saturated carbocycles. The number of nitrogens with zero attached hydrogens (tertiary/aromatic N) is 1. The second kappa shape index (κ2) is 5.05. The molecule has 0 fully saturated rings. The molecular weight excluding hydrogens is 255 g/mol. The Morgan fingerprint density at radius 2 is 2.06 bits per heavy atom. The van der Waals surface area contributed by atoms with E-state index in [-0.39, 0.29) is 34.5 Å². The zero-order valence-corrected chi connectivity index (χ0v) is 10.00. The molecule has 1 aromatic carbocycles. The van der Waals surface area contributed by atoms with Crippen LogP contribution in [0, 0.1) is 5.82 Å². The molecule has 0 amide bonds. The van der Waals surface area contributed by atoms with Gasteiger partial charge in [-0.25, -0.2) is 4.39 Å². The fourth-order valence-corrected chi connectivity index (χ4v) is 1.81. The summed E-state index contributed by atoms with van der Waals surface area (Å²) in [5, 5.41) is 12.3. The first-order valence-electron chi connectivity index (χ1n) is 5.11. The van der Waals surface area contributed by atoms with Crippen LogP contribution in [0.5, 0.6) is 0 Å². The van der Waals surface area contributed by atoms with E-state index in [1.807, 2.05) is 0 Å². The summed E-state index contributed by atoms with van der Waals surface area (Å²) < 4.78 is 12.7. The Bertz CT molecular complexity index is 564. The molecule has 1 aromatic rings. The normalized spacial score (nSPS) is 14.8. The zero-order valence-electron chi connectivity index (χ0n) is 9.18. The van der Waals surface area contributed by atoms with Crippen molar-refractivity contribution < 1.29 is 14.3 Å². The van der Waals surface area contributed by atoms with Gasteiger partial charge in [0.25, 0.3) is 0 Å². The van der Waals surface area contributed by atoms with Crippen molar-refractivity contribution in [2.24, 2.45) is 4.99 Å². The van der Waals surface area contributed by atoms with Crippen molar-refractivity contribution >= 4 is 34.9 Å². The number of carbonyl (C=O) groups excluding carboxylic acids is 1. The molecule has 1 aliphatic heterocycles. The van der Waals surface area contributed by atoms with E-state index in [1.165, 1.54) is 30.5 Å². The number of aliphatic imine (C=N–C) groups is 1. The summed E-state index contributed by atoms with van der Waals surface area (Å²) in [4.78, 5) is 15.3. The van der Waals surface area contributed by atoms with Crippen LogP contribution in [-0.2, 0) is 4.79 Å². The summed E-state index contributed by atoms with van der Waals surface area (Å²) in [7, 11) is 0. The van der Waals surface area contributed by atoms with Crippen molar-refractivity contribution in [3.05, 3.63) is 41.4 Å². The van der Waals surface area contributed by atoms with Gasteiger partial charge in [-0.2, -0.15) is 0 Å². The average Bonchev–Trinajstić information content (AvgIpc) is 2.32. The fourth-order valence-electron chi connectivity index (χ4n) is 1.47. The van der Waals surface area contributed by atoms with Gasteiger partial charge in [-0.1, -0.05) is 12.2 Å². The van der Waals surface area contributed by atoms with Gasteiger partial charge in [0.1, 0.15) is 23.1 Å². The van der Waals surface area contributed by atoms with Gasteiger partial charge in [-0.3, -0.25) is 9.79 Å². The number of benzene rings is 1. The maximum absolute atomic E-state index is 12.7. The Labute approximate surface area is 108 Å². The van der Waals surface area contributed by atoms with E-state index >= 15 is 0 Å². The van der Waals surface area contributed by atoms with Crippen LogP contribution in [-0.4, -0.2) is 28.6 Å². The number of dihydropyridines is 1. The summed E-state index contributed by atoms with van der Waals surface area (Å²) in [5.74, 6) is -0.977. The van der Waals surface area contributed by atoms with E-state index in [0.29, 0.717) is 5.69 Å². The molecule has 2 N–H and O–H groups in total. The van der Waals surface area contributed by atoms with Crippen molar-refractivity contribution in [1.29, 1.82) is 0 Å². The van der Waals surface area contributed by atoms with E-state index in [2.05, 4.69) is 10.3 Å². The lowest BCUT2D eigenvalue weighted by Crippen LogP contribution is -2.25. The molecule has 18 heavy (non-hydrogen) atoms. The van der Waals surface area contributed by atoms with Gasteiger partial charge in [-0.15, -0.1) is 0 Å². The molecule has 1 aliphatic rings. The molecule has 2 rings (SSSR count). The SMILES string of the molecule is O=C1CN=CC(O)=C1C(=S)Nc1ccc(F)cc1. The van der Waals surface area contributed by atoms with Crippen LogP contribution in [0.4, 0.5) is 10.1 Å². The minimum absolute atomic E-state index is 0.0318. The van der Waals surface area contributed by atoms with Gasteiger partial charge < -0.3 is 10.4 Å². The molecule has 0 bridgehead atoms. The Kier molecular flexibility index (Phi) is 3.47. The second-order valence-electron chi connectivity index (χ2n) is 3.61. The first-order chi connectivity index (χ1) is 8.58. The first-order valence-corrected chi connectivity index (χ1v) is 5.52. The molecule has 92 valence electrons. The van der Waals surface area contributed by atoms with Gasteiger partial charge in [0.15, 0.2) is 5.78 Å². The molecule has 1 heterocycles. The summed E-state index contributed by atoms with van der Waals surface area (Å²) in [5.41, 5.74) is 0.571. The third-order valence-electron chi connectivity index (χ3n) is 2.31. The summed E-state index contributed by atoms with van der Waals surface area (Å²) >= 11 is 5.04. The molecule has 0 radical (unpaired) electrons. The summed E-state index contributed by atoms with van der Waals surface area (Å²) in [6, 6.07) is 5.51. The maximum Gasteiger partial charge on any atom is 0.190 e. The summed E-state index contributed by atoms with van der Waals surface area (Å²) in [6.07, 6.45) is 1.19. The largest absolute Gasteiger partial charge is 0.505 e. The highest BCUT2D eigenvalue weighted by molar-refractivity contribution is 7.81. The second-order valence-corrected chi connectivity index (χ2v) is 4.02. The molecule has 0 spiro atoms. The van der Waals surface area contributed by atoms with Crippen molar-refractivity contribution in [2.75, 3.05) is 11.9 Å². The lowest BCUT2D eigenvalue weighted by atomic mass is 10.1. The van der Waals surface area contributed by atoms with Crippen LogP contribution in [0.25, 0.3) is 0 Å². The molecule has 4 nitrogen and oxygen atoms in total. The number of halogens is 1. The smallest absolute Gasteiger partial charge is 0.190 e. The standard InChI is InChI=1S/C12H9FN2O2S/c13-7-1-3-8(4-2-7)15-12(18)11-9(16)5-14-6-10(11)17/h1-5,16H,6H2,(H,15,18). The first kappa shape index (κ1) is 12.4. The molecule has 0 aromatic heterocycles. The van der Waals surface area contributed by atoms with Gasteiger partial charge in [-0.05, 0) is 24.3 Å². The predicted octanol–water partition coefficient (Wildman–Crippen LogP) is 2.03. The number of aliphatic hydroxyl groups is 1. The van der Waals surface area contributed by atoms with Crippen LogP contribution < -0.4 is 5.32 Å². The Morgan fingerprint density at radius 1 is 1.39 bits per heavy atom. The highest BCUT2D eigenvalue weighted by Crippen LogP contribution is 2.14. The quantitative estimate of drug-likeness (QED) is 0.802. The lowest BCUT2D eigenvalue weighted by Gasteiger charge is -2.13. The van der Waals surface area contributed by atoms with Crippen molar-refractivity contribution in [3.63, 3.8) is 0 Å². The van der Waals surface area contributed by atoms with Gasteiger partial charge in [0, 0.05) is 5.69 Å². The molecule has 6 heteroatoms. The highest BCUT2D eigenvalue weighted by atomic mass is 32.1. The third kappa shape index (κ3) is 2.60. The maximum atomic E-state index is 12.7. The highest BCUT2D eigenvalue weighted by Gasteiger charge is 2.21. The number of allylic oxidation sites excluding steroid dienone is 1. The molecule has 0 unspecified atom stereocenters. The molecular formula is C12H9FN2O2S. The number of aliphatic hydroxyl groups excluding tert-OH is 1. The number of nitrogens with one attached hydrogen (secondary N) is 1.